The van der Waals surface area contributed by atoms with Crippen molar-refractivity contribution in [3.05, 3.63) is 29.4 Å². The summed E-state index contributed by atoms with van der Waals surface area (Å²) < 4.78 is 26.7. The number of nitrogens with zero attached hydrogens (tertiary/aromatic N) is 2. The zero-order valence-electron chi connectivity index (χ0n) is 11.3. The third-order valence-electron chi connectivity index (χ3n) is 2.45. The van der Waals surface area contributed by atoms with Crippen molar-refractivity contribution in [2.75, 3.05) is 16.6 Å². The zero-order chi connectivity index (χ0) is 14.6. The second kappa shape index (κ2) is 6.19. The van der Waals surface area contributed by atoms with E-state index in [-0.39, 0.29) is 4.90 Å². The fourth-order valence-corrected chi connectivity index (χ4v) is 3.32. The van der Waals surface area contributed by atoms with E-state index in [1.807, 2.05) is 13.8 Å². The fraction of sp³-hybridized carbons (Fsp3) is 0.333. The van der Waals surface area contributed by atoms with Crippen LogP contribution in [0.15, 0.2) is 29.4 Å². The van der Waals surface area contributed by atoms with Crippen molar-refractivity contribution in [2.45, 2.75) is 25.2 Å². The van der Waals surface area contributed by atoms with E-state index in [0.717, 1.165) is 17.8 Å². The maximum absolute atomic E-state index is 12.1. The highest BCUT2D eigenvalue weighted by molar-refractivity contribution is 7.93. The molecule has 0 aromatic carbocycles. The highest BCUT2D eigenvalue weighted by Gasteiger charge is 2.16. The number of rotatable bonds is 6. The summed E-state index contributed by atoms with van der Waals surface area (Å²) in [5, 5.41) is 3.45. The maximum Gasteiger partial charge on any atom is 0.265 e. The molecule has 0 aliphatic heterocycles. The number of aromatic nitrogens is 2. The van der Waals surface area contributed by atoms with E-state index >= 15 is 0 Å². The minimum Gasteiger partial charge on any atom is -0.370 e. The van der Waals surface area contributed by atoms with Crippen molar-refractivity contribution in [3.63, 3.8) is 0 Å². The van der Waals surface area contributed by atoms with Crippen molar-refractivity contribution in [1.29, 1.82) is 0 Å². The van der Waals surface area contributed by atoms with Gasteiger partial charge in [-0.3, -0.25) is 4.72 Å². The van der Waals surface area contributed by atoms with Crippen LogP contribution in [0, 0.1) is 6.92 Å². The summed E-state index contributed by atoms with van der Waals surface area (Å²) in [6.07, 6.45) is 3.94. The van der Waals surface area contributed by atoms with Crippen LogP contribution in [0.1, 0.15) is 18.2 Å². The van der Waals surface area contributed by atoms with Gasteiger partial charge in [-0.2, -0.15) is 0 Å². The molecule has 2 aromatic heterocycles. The molecule has 0 aliphatic carbocycles. The monoisotopic (exact) mass is 312 g/mol. The van der Waals surface area contributed by atoms with Gasteiger partial charge in [0.1, 0.15) is 10.7 Å². The molecule has 2 heterocycles. The van der Waals surface area contributed by atoms with Crippen LogP contribution in [0.2, 0.25) is 0 Å². The molecule has 0 fully saturated rings. The van der Waals surface area contributed by atoms with Crippen molar-refractivity contribution in [1.82, 2.24) is 9.97 Å². The molecule has 0 unspecified atom stereocenters. The predicted molar refractivity (Wildman–Crippen MR) is 80.7 cm³/mol. The molecule has 0 saturated heterocycles. The molecule has 0 aliphatic rings. The average Bonchev–Trinajstić information content (AvgIpc) is 2.81. The predicted octanol–water partition coefficient (Wildman–Crippen LogP) is 2.47. The normalized spacial score (nSPS) is 11.3. The van der Waals surface area contributed by atoms with Crippen LogP contribution in [0.4, 0.5) is 10.9 Å². The van der Waals surface area contributed by atoms with Gasteiger partial charge in [-0.15, -0.1) is 11.3 Å². The molecule has 0 saturated carbocycles. The highest BCUT2D eigenvalue weighted by atomic mass is 32.2. The molecule has 8 heteroatoms. The quantitative estimate of drug-likeness (QED) is 0.856. The number of sulfonamides is 1. The molecule has 0 atom stereocenters. The Kier molecular flexibility index (Phi) is 4.56. The number of hydrogen-bond donors (Lipinski definition) is 2. The number of aryl methyl sites for hydroxylation is 1. The van der Waals surface area contributed by atoms with E-state index in [1.165, 1.54) is 23.6 Å². The van der Waals surface area contributed by atoms with Gasteiger partial charge in [-0.1, -0.05) is 6.92 Å². The molecule has 6 nitrogen and oxygen atoms in total. The standard InChI is InChI=1S/C12H16N4O2S2/c1-3-6-13-11-5-4-10(8-14-11)20(17,18)16-12-15-7-9(2)19-12/h4-5,7-8H,3,6H2,1-2H3,(H,13,14)(H,15,16). The Morgan fingerprint density at radius 2 is 2.05 bits per heavy atom. The molecule has 0 spiro atoms. The van der Waals surface area contributed by atoms with Gasteiger partial charge in [0.2, 0.25) is 0 Å². The SMILES string of the molecule is CCCNc1ccc(S(=O)(=O)Nc2ncc(C)s2)cn1. The number of anilines is 2. The third kappa shape index (κ3) is 3.67. The lowest BCUT2D eigenvalue weighted by molar-refractivity contribution is 0.601. The fourth-order valence-electron chi connectivity index (χ4n) is 1.47. The molecule has 0 amide bonds. The maximum atomic E-state index is 12.1. The van der Waals surface area contributed by atoms with E-state index < -0.39 is 10.0 Å². The van der Waals surface area contributed by atoms with Gasteiger partial charge in [0.15, 0.2) is 5.13 Å². The van der Waals surface area contributed by atoms with E-state index in [0.29, 0.717) is 10.9 Å². The molecule has 20 heavy (non-hydrogen) atoms. The van der Waals surface area contributed by atoms with Crippen molar-refractivity contribution in [2.24, 2.45) is 0 Å². The Bertz CT molecular complexity index is 665. The minimum atomic E-state index is -3.63. The first kappa shape index (κ1) is 14.7. The largest absolute Gasteiger partial charge is 0.370 e. The number of thiazole rings is 1. The second-order valence-electron chi connectivity index (χ2n) is 4.19. The van der Waals surface area contributed by atoms with Crippen LogP contribution in [0.3, 0.4) is 0 Å². The average molecular weight is 312 g/mol. The summed E-state index contributed by atoms with van der Waals surface area (Å²) in [6, 6.07) is 3.17. The zero-order valence-corrected chi connectivity index (χ0v) is 12.9. The molecule has 108 valence electrons. The lowest BCUT2D eigenvalue weighted by Gasteiger charge is -2.06. The Morgan fingerprint density at radius 1 is 1.25 bits per heavy atom. The van der Waals surface area contributed by atoms with Gasteiger partial charge in [-0.05, 0) is 25.5 Å². The van der Waals surface area contributed by atoms with Crippen LogP contribution >= 0.6 is 11.3 Å². The van der Waals surface area contributed by atoms with Gasteiger partial charge >= 0.3 is 0 Å². The molecular formula is C12H16N4O2S2. The van der Waals surface area contributed by atoms with Crippen molar-refractivity contribution in [3.8, 4) is 0 Å². The van der Waals surface area contributed by atoms with Gasteiger partial charge in [0, 0.05) is 23.8 Å². The van der Waals surface area contributed by atoms with Crippen molar-refractivity contribution < 1.29 is 8.42 Å². The van der Waals surface area contributed by atoms with Crippen LogP contribution in [-0.4, -0.2) is 24.9 Å². The lowest BCUT2D eigenvalue weighted by Crippen LogP contribution is -2.13. The number of nitrogens with one attached hydrogen (secondary N) is 2. The first-order valence-corrected chi connectivity index (χ1v) is 8.46. The molecule has 2 rings (SSSR count). The summed E-state index contributed by atoms with van der Waals surface area (Å²) >= 11 is 1.29. The third-order valence-corrected chi connectivity index (χ3v) is 4.73. The number of hydrogen-bond acceptors (Lipinski definition) is 6. The van der Waals surface area contributed by atoms with Crippen LogP contribution in [-0.2, 0) is 10.0 Å². The van der Waals surface area contributed by atoms with Crippen LogP contribution in [0.25, 0.3) is 0 Å². The first-order chi connectivity index (χ1) is 9.51. The molecule has 2 N–H and O–H groups in total. The topological polar surface area (TPSA) is 84.0 Å². The Morgan fingerprint density at radius 3 is 2.60 bits per heavy atom. The lowest BCUT2D eigenvalue weighted by atomic mass is 10.4. The van der Waals surface area contributed by atoms with E-state index in [1.54, 1.807) is 12.3 Å². The molecule has 0 radical (unpaired) electrons. The van der Waals surface area contributed by atoms with E-state index in [9.17, 15) is 8.42 Å². The van der Waals surface area contributed by atoms with Gasteiger partial charge in [0.25, 0.3) is 10.0 Å². The van der Waals surface area contributed by atoms with Crippen LogP contribution < -0.4 is 10.0 Å². The summed E-state index contributed by atoms with van der Waals surface area (Å²) in [5.74, 6) is 0.663. The van der Waals surface area contributed by atoms with Gasteiger partial charge in [0.05, 0.1) is 0 Å². The van der Waals surface area contributed by atoms with Crippen LogP contribution in [0.5, 0.6) is 0 Å². The highest BCUT2D eigenvalue weighted by Crippen LogP contribution is 2.21. The summed E-state index contributed by atoms with van der Waals surface area (Å²) in [6.45, 7) is 4.71. The summed E-state index contributed by atoms with van der Waals surface area (Å²) in [7, 11) is -3.63. The Balaban J connectivity index is 2.13. The smallest absolute Gasteiger partial charge is 0.265 e. The van der Waals surface area contributed by atoms with Gasteiger partial charge in [-0.25, -0.2) is 18.4 Å². The first-order valence-electron chi connectivity index (χ1n) is 6.16. The van der Waals surface area contributed by atoms with Gasteiger partial charge < -0.3 is 5.32 Å². The second-order valence-corrected chi connectivity index (χ2v) is 7.10. The molecule has 0 bridgehead atoms. The summed E-state index contributed by atoms with van der Waals surface area (Å²) in [4.78, 5) is 9.12. The van der Waals surface area contributed by atoms with Crippen molar-refractivity contribution >= 4 is 32.3 Å². The molecular weight excluding hydrogens is 296 g/mol. The molecule has 2 aromatic rings. The Labute approximate surface area is 122 Å². The van der Waals surface area contributed by atoms with E-state index in [2.05, 4.69) is 20.0 Å². The summed E-state index contributed by atoms with van der Waals surface area (Å²) in [5.41, 5.74) is 0. The minimum absolute atomic E-state index is 0.118. The van der Waals surface area contributed by atoms with E-state index in [4.69, 9.17) is 0 Å². The Hall–Kier alpha value is -1.67. The number of pyridine rings is 1.